The fourth-order valence-corrected chi connectivity index (χ4v) is 2.28. The molecule has 1 rings (SSSR count). The van der Waals surface area contributed by atoms with Gasteiger partial charge in [0.05, 0.1) is 6.54 Å². The van der Waals surface area contributed by atoms with E-state index in [0.29, 0.717) is 6.04 Å². The van der Waals surface area contributed by atoms with Gasteiger partial charge in [-0.05, 0) is 12.8 Å². The minimum atomic E-state index is -0.717. The fraction of sp³-hybridized carbons (Fsp3) is 0.909. The van der Waals surface area contributed by atoms with Crippen LogP contribution in [0.3, 0.4) is 0 Å². The van der Waals surface area contributed by atoms with E-state index < -0.39 is 5.97 Å². The molecule has 1 aliphatic rings. The molecule has 1 aliphatic heterocycles. The van der Waals surface area contributed by atoms with Crippen molar-refractivity contribution in [3.8, 4) is 0 Å². The zero-order valence-electron chi connectivity index (χ0n) is 9.78. The normalized spacial score (nSPS) is 19.7. The Labute approximate surface area is 91.9 Å². The lowest BCUT2D eigenvalue weighted by molar-refractivity contribution is -0.138. The lowest BCUT2D eigenvalue weighted by Crippen LogP contribution is -2.51. The third-order valence-electron chi connectivity index (χ3n) is 3.22. The largest absolute Gasteiger partial charge is 0.480 e. The molecule has 0 unspecified atom stereocenters. The highest BCUT2D eigenvalue weighted by atomic mass is 16.4. The number of carbonyl (C=O) groups is 1. The van der Waals surface area contributed by atoms with E-state index in [9.17, 15) is 4.79 Å². The van der Waals surface area contributed by atoms with E-state index in [1.54, 1.807) is 0 Å². The Bertz CT molecular complexity index is 197. The van der Waals surface area contributed by atoms with E-state index in [4.69, 9.17) is 5.11 Å². The highest BCUT2D eigenvalue weighted by Crippen LogP contribution is 2.11. The fourth-order valence-electron chi connectivity index (χ4n) is 2.28. The van der Waals surface area contributed by atoms with Crippen LogP contribution in [0.5, 0.6) is 0 Å². The van der Waals surface area contributed by atoms with Crippen molar-refractivity contribution < 1.29 is 9.90 Å². The van der Waals surface area contributed by atoms with Crippen molar-refractivity contribution in [2.24, 2.45) is 0 Å². The van der Waals surface area contributed by atoms with Gasteiger partial charge in [0.2, 0.25) is 0 Å². The van der Waals surface area contributed by atoms with Gasteiger partial charge in [-0.1, -0.05) is 13.8 Å². The zero-order chi connectivity index (χ0) is 11.3. The third kappa shape index (κ3) is 3.80. The van der Waals surface area contributed by atoms with Crippen molar-refractivity contribution in [2.75, 3.05) is 32.7 Å². The molecule has 0 aliphatic carbocycles. The van der Waals surface area contributed by atoms with Gasteiger partial charge in [0.15, 0.2) is 0 Å². The number of carboxylic acid groups (broad SMARTS) is 1. The number of aliphatic carboxylic acids is 1. The molecule has 0 aromatic heterocycles. The third-order valence-corrected chi connectivity index (χ3v) is 3.22. The second-order valence-electron chi connectivity index (χ2n) is 4.18. The maximum Gasteiger partial charge on any atom is 0.317 e. The molecule has 1 fully saturated rings. The molecule has 0 aromatic carbocycles. The zero-order valence-corrected chi connectivity index (χ0v) is 9.78. The van der Waals surface area contributed by atoms with Crippen molar-refractivity contribution in [3.05, 3.63) is 0 Å². The molecular formula is C11H22N2O2. The molecule has 1 N–H and O–H groups in total. The molecule has 1 heterocycles. The van der Waals surface area contributed by atoms with E-state index in [1.807, 2.05) is 4.90 Å². The van der Waals surface area contributed by atoms with Gasteiger partial charge >= 0.3 is 5.97 Å². The highest BCUT2D eigenvalue weighted by molar-refractivity contribution is 5.69. The van der Waals surface area contributed by atoms with Crippen LogP contribution in [0.1, 0.15) is 26.7 Å². The molecule has 0 amide bonds. The number of piperazine rings is 1. The molecular weight excluding hydrogens is 192 g/mol. The monoisotopic (exact) mass is 214 g/mol. The van der Waals surface area contributed by atoms with Gasteiger partial charge in [0.1, 0.15) is 0 Å². The first-order chi connectivity index (χ1) is 7.17. The maximum absolute atomic E-state index is 10.5. The number of hydrogen-bond donors (Lipinski definition) is 1. The summed E-state index contributed by atoms with van der Waals surface area (Å²) in [5.74, 6) is -0.717. The number of nitrogens with zero attached hydrogens (tertiary/aromatic N) is 2. The summed E-state index contributed by atoms with van der Waals surface area (Å²) in [6.07, 6.45) is 2.38. The van der Waals surface area contributed by atoms with E-state index >= 15 is 0 Å². The molecule has 0 spiro atoms. The number of carboxylic acids is 1. The predicted molar refractivity (Wildman–Crippen MR) is 60.0 cm³/mol. The summed E-state index contributed by atoms with van der Waals surface area (Å²) in [6, 6.07) is 0.678. The summed E-state index contributed by atoms with van der Waals surface area (Å²) < 4.78 is 0. The van der Waals surface area contributed by atoms with Crippen LogP contribution in [0.2, 0.25) is 0 Å². The molecule has 0 aromatic rings. The maximum atomic E-state index is 10.5. The van der Waals surface area contributed by atoms with Gasteiger partial charge in [0, 0.05) is 32.2 Å². The predicted octanol–water partition coefficient (Wildman–Crippen LogP) is 0.877. The van der Waals surface area contributed by atoms with Crippen molar-refractivity contribution in [3.63, 3.8) is 0 Å². The summed E-state index contributed by atoms with van der Waals surface area (Å²) in [5, 5.41) is 8.68. The van der Waals surface area contributed by atoms with E-state index in [1.165, 1.54) is 12.8 Å². The highest BCUT2D eigenvalue weighted by Gasteiger charge is 2.22. The quantitative estimate of drug-likeness (QED) is 0.738. The molecule has 0 bridgehead atoms. The standard InChI is InChI=1S/C11H22N2O2/c1-3-10(4-2)13-7-5-12(6-8-13)9-11(14)15/h10H,3-9H2,1-2H3,(H,14,15). The van der Waals surface area contributed by atoms with Crippen LogP contribution in [0.4, 0.5) is 0 Å². The average Bonchev–Trinajstić information content (AvgIpc) is 2.21. The van der Waals surface area contributed by atoms with E-state index in [2.05, 4.69) is 18.7 Å². The lowest BCUT2D eigenvalue weighted by atomic mass is 10.1. The molecule has 0 radical (unpaired) electrons. The Morgan fingerprint density at radius 1 is 1.20 bits per heavy atom. The van der Waals surface area contributed by atoms with Crippen LogP contribution < -0.4 is 0 Å². The Morgan fingerprint density at radius 3 is 2.13 bits per heavy atom. The van der Waals surface area contributed by atoms with Crippen LogP contribution in [0, 0.1) is 0 Å². The molecule has 4 nitrogen and oxygen atoms in total. The molecule has 1 saturated heterocycles. The number of rotatable bonds is 5. The molecule has 0 atom stereocenters. The minimum Gasteiger partial charge on any atom is -0.480 e. The van der Waals surface area contributed by atoms with Crippen LogP contribution >= 0.6 is 0 Å². The van der Waals surface area contributed by atoms with Crippen molar-refractivity contribution >= 4 is 5.97 Å². The molecule has 4 heteroatoms. The minimum absolute atomic E-state index is 0.191. The van der Waals surface area contributed by atoms with Gasteiger partial charge < -0.3 is 5.11 Å². The second-order valence-corrected chi connectivity index (χ2v) is 4.18. The second kappa shape index (κ2) is 6.08. The molecule has 15 heavy (non-hydrogen) atoms. The van der Waals surface area contributed by atoms with Gasteiger partial charge in [-0.3, -0.25) is 14.6 Å². The summed E-state index contributed by atoms with van der Waals surface area (Å²) in [6.45, 7) is 8.44. The van der Waals surface area contributed by atoms with Gasteiger partial charge in [0.25, 0.3) is 0 Å². The van der Waals surface area contributed by atoms with Gasteiger partial charge in [-0.25, -0.2) is 0 Å². The Kier molecular flexibility index (Phi) is 5.05. The van der Waals surface area contributed by atoms with Gasteiger partial charge in [-0.2, -0.15) is 0 Å². The van der Waals surface area contributed by atoms with Crippen molar-refractivity contribution in [2.45, 2.75) is 32.7 Å². The summed E-state index contributed by atoms with van der Waals surface area (Å²) in [5.41, 5.74) is 0. The van der Waals surface area contributed by atoms with Crippen LogP contribution in [-0.2, 0) is 4.79 Å². The summed E-state index contributed by atoms with van der Waals surface area (Å²) in [7, 11) is 0. The van der Waals surface area contributed by atoms with Crippen LogP contribution in [0.15, 0.2) is 0 Å². The smallest absolute Gasteiger partial charge is 0.317 e. The van der Waals surface area contributed by atoms with Crippen LogP contribution in [0.25, 0.3) is 0 Å². The van der Waals surface area contributed by atoms with Crippen LogP contribution in [-0.4, -0.2) is 59.6 Å². The first kappa shape index (κ1) is 12.5. The first-order valence-corrected chi connectivity index (χ1v) is 5.85. The summed E-state index contributed by atoms with van der Waals surface area (Å²) in [4.78, 5) is 15.0. The Balaban J connectivity index is 2.31. The molecule has 88 valence electrons. The topological polar surface area (TPSA) is 43.8 Å². The molecule has 0 saturated carbocycles. The summed E-state index contributed by atoms with van der Waals surface area (Å²) >= 11 is 0. The van der Waals surface area contributed by atoms with Crippen molar-refractivity contribution in [1.29, 1.82) is 0 Å². The SMILES string of the molecule is CCC(CC)N1CCN(CC(=O)O)CC1. The van der Waals surface area contributed by atoms with Crippen molar-refractivity contribution in [1.82, 2.24) is 9.80 Å². The van der Waals surface area contributed by atoms with Gasteiger partial charge in [-0.15, -0.1) is 0 Å². The lowest BCUT2D eigenvalue weighted by Gasteiger charge is -2.38. The van der Waals surface area contributed by atoms with E-state index in [-0.39, 0.29) is 6.54 Å². The van der Waals surface area contributed by atoms with E-state index in [0.717, 1.165) is 26.2 Å². The average molecular weight is 214 g/mol. The first-order valence-electron chi connectivity index (χ1n) is 5.85. The Hall–Kier alpha value is -0.610. The Morgan fingerprint density at radius 2 is 1.73 bits per heavy atom. The number of hydrogen-bond acceptors (Lipinski definition) is 3.